The summed E-state index contributed by atoms with van der Waals surface area (Å²) in [5, 5.41) is 23.2. The fourth-order valence-corrected chi connectivity index (χ4v) is 5.75. The average Bonchev–Trinajstić information content (AvgIpc) is 3.64. The van der Waals surface area contributed by atoms with E-state index >= 15 is 0 Å². The summed E-state index contributed by atoms with van der Waals surface area (Å²) < 4.78 is 10.5. The van der Waals surface area contributed by atoms with Gasteiger partial charge in [0.2, 0.25) is 5.88 Å². The van der Waals surface area contributed by atoms with E-state index in [9.17, 15) is 10.5 Å². The highest BCUT2D eigenvalue weighted by Gasteiger charge is 2.16. The molecule has 0 aliphatic rings. The van der Waals surface area contributed by atoms with Gasteiger partial charge in [-0.3, -0.25) is 4.57 Å². The highest BCUT2D eigenvalue weighted by Crippen LogP contribution is 2.36. The first-order chi connectivity index (χ1) is 20.2. The summed E-state index contributed by atoms with van der Waals surface area (Å²) in [6.45, 7) is 0. The van der Waals surface area contributed by atoms with Gasteiger partial charge in [-0.25, -0.2) is 9.97 Å². The van der Waals surface area contributed by atoms with Crippen molar-refractivity contribution in [2.75, 3.05) is 0 Å². The van der Waals surface area contributed by atoms with Gasteiger partial charge in [-0.05, 0) is 60.7 Å². The van der Waals surface area contributed by atoms with Gasteiger partial charge in [0.15, 0.2) is 0 Å². The van der Waals surface area contributed by atoms with Gasteiger partial charge in [0.05, 0.1) is 38.7 Å². The van der Waals surface area contributed by atoms with E-state index in [-0.39, 0.29) is 0 Å². The van der Waals surface area contributed by atoms with Gasteiger partial charge in [-0.2, -0.15) is 10.5 Å². The molecule has 5 heterocycles. The number of hydrogen-bond donors (Lipinski definition) is 0. The molecule has 0 N–H and O–H groups in total. The average molecular weight is 527 g/mol. The summed E-state index contributed by atoms with van der Waals surface area (Å²) in [4.78, 5) is 9.52. The highest BCUT2D eigenvalue weighted by molar-refractivity contribution is 6.12. The molecule has 0 fully saturated rings. The molecule has 7 nitrogen and oxygen atoms in total. The summed E-state index contributed by atoms with van der Waals surface area (Å²) >= 11 is 0. The molecule has 8 aromatic rings. The van der Waals surface area contributed by atoms with Crippen molar-refractivity contribution in [2.45, 2.75) is 0 Å². The first-order valence-electron chi connectivity index (χ1n) is 13.0. The first-order valence-corrected chi connectivity index (χ1v) is 13.0. The number of nitrogens with zero attached hydrogens (tertiary/aromatic N) is 6. The Labute approximate surface area is 233 Å². The molecule has 190 valence electrons. The van der Waals surface area contributed by atoms with Gasteiger partial charge in [-0.15, -0.1) is 0 Å². The van der Waals surface area contributed by atoms with Crippen LogP contribution in [0.5, 0.6) is 11.6 Å². The van der Waals surface area contributed by atoms with Gasteiger partial charge in [0.25, 0.3) is 0 Å². The number of para-hydroxylation sites is 1. The Bertz CT molecular complexity index is 2420. The highest BCUT2D eigenvalue weighted by atomic mass is 16.5. The van der Waals surface area contributed by atoms with Crippen molar-refractivity contribution in [1.82, 2.24) is 18.9 Å². The SMILES string of the molecule is N#Cc1cc2c3ccc(Oc4ccc5c6ccccc6n(-c6ccccn6)c5c4)nc3c3cccn3c2cc1C#N. The Kier molecular flexibility index (Phi) is 4.82. The van der Waals surface area contributed by atoms with Crippen molar-refractivity contribution in [3.63, 3.8) is 0 Å². The molecule has 0 atom stereocenters. The van der Waals surface area contributed by atoms with Gasteiger partial charge in [-0.1, -0.05) is 24.3 Å². The maximum atomic E-state index is 9.63. The number of hydrogen-bond acceptors (Lipinski definition) is 5. The van der Waals surface area contributed by atoms with Crippen LogP contribution in [0.15, 0.2) is 109 Å². The minimum absolute atomic E-state index is 0.338. The summed E-state index contributed by atoms with van der Waals surface area (Å²) in [6, 6.07) is 35.8. The largest absolute Gasteiger partial charge is 0.439 e. The summed E-state index contributed by atoms with van der Waals surface area (Å²) in [5.74, 6) is 1.94. The Hall–Kier alpha value is -6.18. The van der Waals surface area contributed by atoms with Gasteiger partial charge < -0.3 is 9.14 Å². The fraction of sp³-hybridized carbons (Fsp3) is 0. The Balaban J connectivity index is 1.30. The molecule has 8 rings (SSSR count). The lowest BCUT2D eigenvalue weighted by Gasteiger charge is -2.12. The lowest BCUT2D eigenvalue weighted by atomic mass is 10.0. The Morgan fingerprint density at radius 1 is 0.634 bits per heavy atom. The molecule has 0 saturated carbocycles. The van der Waals surface area contributed by atoms with Gasteiger partial charge in [0.1, 0.15) is 23.7 Å². The van der Waals surface area contributed by atoms with E-state index in [0.29, 0.717) is 22.8 Å². The number of pyridine rings is 3. The molecule has 0 bridgehead atoms. The number of nitriles is 2. The molecule has 3 aromatic carbocycles. The number of fused-ring (bicyclic) bond motifs is 9. The molecular weight excluding hydrogens is 508 g/mol. The van der Waals surface area contributed by atoms with Crippen LogP contribution in [0, 0.1) is 22.7 Å². The second-order valence-corrected chi connectivity index (χ2v) is 9.77. The van der Waals surface area contributed by atoms with Crippen LogP contribution in [0.3, 0.4) is 0 Å². The maximum Gasteiger partial charge on any atom is 0.219 e. The van der Waals surface area contributed by atoms with Crippen LogP contribution in [0.4, 0.5) is 0 Å². The van der Waals surface area contributed by atoms with E-state index in [1.807, 2.05) is 77.3 Å². The van der Waals surface area contributed by atoms with Crippen LogP contribution in [-0.4, -0.2) is 18.9 Å². The third-order valence-electron chi connectivity index (χ3n) is 7.53. The van der Waals surface area contributed by atoms with Crippen LogP contribution in [-0.2, 0) is 0 Å². The zero-order chi connectivity index (χ0) is 27.5. The van der Waals surface area contributed by atoms with E-state index in [4.69, 9.17) is 9.72 Å². The van der Waals surface area contributed by atoms with Crippen molar-refractivity contribution >= 4 is 49.1 Å². The van der Waals surface area contributed by atoms with Crippen molar-refractivity contribution < 1.29 is 4.74 Å². The predicted molar refractivity (Wildman–Crippen MR) is 158 cm³/mol. The zero-order valence-electron chi connectivity index (χ0n) is 21.5. The molecular formula is C34H18N6O. The zero-order valence-corrected chi connectivity index (χ0v) is 21.5. The summed E-state index contributed by atoms with van der Waals surface area (Å²) in [5.41, 5.74) is 5.22. The molecule has 7 heteroatoms. The van der Waals surface area contributed by atoms with Gasteiger partial charge in [0, 0.05) is 46.1 Å². The third-order valence-corrected chi connectivity index (χ3v) is 7.53. The van der Waals surface area contributed by atoms with Crippen LogP contribution >= 0.6 is 0 Å². The monoisotopic (exact) mass is 526 g/mol. The molecule has 0 unspecified atom stereocenters. The molecule has 0 aliphatic carbocycles. The van der Waals surface area contributed by atoms with Crippen LogP contribution in [0.1, 0.15) is 11.1 Å². The lowest BCUT2D eigenvalue weighted by Crippen LogP contribution is -1.97. The van der Waals surface area contributed by atoms with E-state index in [1.165, 1.54) is 0 Å². The normalized spacial score (nSPS) is 11.4. The minimum atomic E-state index is 0.338. The fourth-order valence-electron chi connectivity index (χ4n) is 5.75. The van der Waals surface area contributed by atoms with Crippen molar-refractivity contribution in [1.29, 1.82) is 10.5 Å². The summed E-state index contributed by atoms with van der Waals surface area (Å²) in [7, 11) is 0. The smallest absolute Gasteiger partial charge is 0.219 e. The molecule has 0 aliphatic heterocycles. The van der Waals surface area contributed by atoms with E-state index in [2.05, 4.69) is 39.9 Å². The molecule has 41 heavy (non-hydrogen) atoms. The molecule has 0 radical (unpaired) electrons. The molecule has 0 spiro atoms. The van der Waals surface area contributed by atoms with Crippen LogP contribution in [0.25, 0.3) is 54.9 Å². The second-order valence-electron chi connectivity index (χ2n) is 9.77. The van der Waals surface area contributed by atoms with E-state index < -0.39 is 0 Å². The minimum Gasteiger partial charge on any atom is -0.439 e. The predicted octanol–water partition coefficient (Wildman–Crippen LogP) is 7.67. The first kappa shape index (κ1) is 22.8. The van der Waals surface area contributed by atoms with Gasteiger partial charge >= 0.3 is 0 Å². The van der Waals surface area contributed by atoms with Crippen LogP contribution in [0.2, 0.25) is 0 Å². The molecule has 0 amide bonds. The topological polar surface area (TPSA) is 91.9 Å². The van der Waals surface area contributed by atoms with Crippen molar-refractivity contribution in [3.8, 4) is 29.6 Å². The lowest BCUT2D eigenvalue weighted by molar-refractivity contribution is 0.466. The third kappa shape index (κ3) is 3.37. The van der Waals surface area contributed by atoms with E-state index in [1.54, 1.807) is 18.3 Å². The van der Waals surface area contributed by atoms with Crippen molar-refractivity contribution in [2.24, 2.45) is 0 Å². The Morgan fingerprint density at radius 2 is 1.41 bits per heavy atom. The standard InChI is InChI=1S/C34H18N6O/c35-19-21-16-27-26-12-13-33(38-34(26)29-8-5-15-39(29)30(27)17-22(21)20-36)41-23-10-11-25-24-6-1-2-7-28(24)40(31(25)18-23)32-9-3-4-14-37-32/h1-18H. The molecule has 5 aromatic heterocycles. The molecule has 0 saturated heterocycles. The second kappa shape index (κ2) is 8.67. The number of aromatic nitrogens is 4. The van der Waals surface area contributed by atoms with E-state index in [0.717, 1.165) is 54.9 Å². The number of rotatable bonds is 3. The maximum absolute atomic E-state index is 9.63. The van der Waals surface area contributed by atoms with Crippen molar-refractivity contribution in [3.05, 3.63) is 121 Å². The quantitative estimate of drug-likeness (QED) is 0.220. The number of benzene rings is 3. The summed E-state index contributed by atoms with van der Waals surface area (Å²) in [6.07, 6.45) is 3.73. The Morgan fingerprint density at radius 3 is 2.27 bits per heavy atom. The number of ether oxygens (including phenoxy) is 1. The van der Waals surface area contributed by atoms with Crippen LogP contribution < -0.4 is 4.74 Å².